The number of amides is 1. The molecule has 2 N–H and O–H groups in total. The Morgan fingerprint density at radius 1 is 0.788 bits per heavy atom. The van der Waals surface area contributed by atoms with Crippen LogP contribution < -0.4 is 5.73 Å². The van der Waals surface area contributed by atoms with Gasteiger partial charge in [0.15, 0.2) is 5.76 Å². The summed E-state index contributed by atoms with van der Waals surface area (Å²) in [5.74, 6) is 4.70. The van der Waals surface area contributed by atoms with Crippen molar-refractivity contribution in [2.75, 3.05) is 14.2 Å². The van der Waals surface area contributed by atoms with Gasteiger partial charge < -0.3 is 19.0 Å². The SMILES string of the molecule is CC(C)c1ccoc1.CC(C)c1coc(C(=O)C2(C)CCCC2)c1.CC(C)c1coc([C@H](N)C2CCCC2C)c1.CON(C)C(=O)C1(C)CCCC1. The molecule has 1 amide bonds. The largest absolute Gasteiger partial charge is 0.472 e. The van der Waals surface area contributed by atoms with E-state index in [0.29, 0.717) is 29.4 Å². The molecule has 0 aromatic carbocycles. The monoisotopic (exact) mass is 723 g/mol. The van der Waals surface area contributed by atoms with Crippen molar-refractivity contribution >= 4 is 11.7 Å². The average molecular weight is 723 g/mol. The van der Waals surface area contributed by atoms with Crippen LogP contribution in [0.15, 0.2) is 56.5 Å². The van der Waals surface area contributed by atoms with E-state index in [1.165, 1.54) is 68.2 Å². The second kappa shape index (κ2) is 19.8. The summed E-state index contributed by atoms with van der Waals surface area (Å²) in [6.45, 7) is 19.3. The van der Waals surface area contributed by atoms with Gasteiger partial charge in [0.2, 0.25) is 5.78 Å². The molecule has 3 atom stereocenters. The molecule has 0 saturated heterocycles. The summed E-state index contributed by atoms with van der Waals surface area (Å²) in [7, 11) is 3.20. The Balaban J connectivity index is 0.000000193. The number of ketones is 1. The van der Waals surface area contributed by atoms with Gasteiger partial charge in [-0.25, -0.2) is 5.06 Å². The molecule has 3 fully saturated rings. The predicted molar refractivity (Wildman–Crippen MR) is 209 cm³/mol. The number of carbonyl (C=O) groups is 2. The zero-order chi connectivity index (χ0) is 38.6. The molecule has 3 saturated carbocycles. The second-order valence-electron chi connectivity index (χ2n) is 17.0. The molecule has 0 radical (unpaired) electrons. The zero-order valence-electron chi connectivity index (χ0n) is 34.3. The van der Waals surface area contributed by atoms with Gasteiger partial charge in [0.1, 0.15) is 5.76 Å². The zero-order valence-corrected chi connectivity index (χ0v) is 34.3. The summed E-state index contributed by atoms with van der Waals surface area (Å²) in [5, 5.41) is 1.34. The molecule has 6 rings (SSSR count). The number of Topliss-reactive ketones (excluding diaryl/α,β-unsaturated/α-hetero) is 1. The third-order valence-electron chi connectivity index (χ3n) is 11.8. The van der Waals surface area contributed by atoms with Crippen molar-refractivity contribution in [3.8, 4) is 0 Å². The minimum Gasteiger partial charge on any atom is -0.472 e. The minimum absolute atomic E-state index is 0.0880. The standard InChI is InChI=1S/C14H23NO.C14H20O2.C9H17NO2.C7H10O/c1-9(2)11-7-13(16-8-11)14(15)12-6-4-5-10(12)3;1-10(2)11-8-12(16-9-11)13(15)14(3)6-4-5-7-14;1-9(6-4-5-7-9)8(11)10(2)12-3;1-6(2)7-3-4-8-5-7/h7-10,12,14H,4-6,15H2,1-3H3;8-10H,4-7H2,1-3H3;4-7H2,1-3H3;3-6H,1-2H3/t10?,12?,14-;;;/m1.../s1. The smallest absolute Gasteiger partial charge is 0.251 e. The lowest BCUT2D eigenvalue weighted by molar-refractivity contribution is -0.179. The van der Waals surface area contributed by atoms with Gasteiger partial charge in [-0.1, -0.05) is 101 Å². The fourth-order valence-electron chi connectivity index (χ4n) is 7.65. The molecule has 8 nitrogen and oxygen atoms in total. The first-order valence-electron chi connectivity index (χ1n) is 19.8. The molecule has 3 aromatic rings. The lowest BCUT2D eigenvalue weighted by Crippen LogP contribution is -2.37. The van der Waals surface area contributed by atoms with Gasteiger partial charge in [0.05, 0.1) is 38.2 Å². The van der Waals surface area contributed by atoms with Crippen LogP contribution >= 0.6 is 0 Å². The Kier molecular flexibility index (Phi) is 16.5. The highest BCUT2D eigenvalue weighted by molar-refractivity contribution is 5.98. The summed E-state index contributed by atoms with van der Waals surface area (Å²) in [6.07, 6.45) is 19.6. The van der Waals surface area contributed by atoms with Gasteiger partial charge in [-0.15, -0.1) is 0 Å². The van der Waals surface area contributed by atoms with Crippen molar-refractivity contribution in [2.24, 2.45) is 28.4 Å². The number of nitrogens with two attached hydrogens (primary N) is 1. The van der Waals surface area contributed by atoms with Gasteiger partial charge in [-0.2, -0.15) is 0 Å². The average Bonchev–Trinajstić information content (AvgIpc) is 3.96. The van der Waals surface area contributed by atoms with Gasteiger partial charge in [-0.05, 0) is 96.6 Å². The van der Waals surface area contributed by atoms with Crippen molar-refractivity contribution in [1.29, 1.82) is 0 Å². The molecule has 3 aliphatic carbocycles. The number of carbonyl (C=O) groups excluding carboxylic acids is 2. The number of hydrogen-bond acceptors (Lipinski definition) is 7. The summed E-state index contributed by atoms with van der Waals surface area (Å²) >= 11 is 0. The van der Waals surface area contributed by atoms with Crippen molar-refractivity contribution in [3.63, 3.8) is 0 Å². The van der Waals surface area contributed by atoms with E-state index in [2.05, 4.69) is 61.5 Å². The van der Waals surface area contributed by atoms with E-state index in [4.69, 9.17) is 23.8 Å². The summed E-state index contributed by atoms with van der Waals surface area (Å²) in [4.78, 5) is 28.9. The summed E-state index contributed by atoms with van der Waals surface area (Å²) < 4.78 is 15.9. The highest BCUT2D eigenvalue weighted by Gasteiger charge is 2.39. The molecule has 292 valence electrons. The molecule has 2 unspecified atom stereocenters. The highest BCUT2D eigenvalue weighted by atomic mass is 16.7. The Hall–Kier alpha value is -3.10. The van der Waals surface area contributed by atoms with Crippen LogP contribution in [0.4, 0.5) is 0 Å². The molecule has 3 heterocycles. The van der Waals surface area contributed by atoms with E-state index in [1.807, 2.05) is 25.3 Å². The van der Waals surface area contributed by atoms with Crippen LogP contribution in [0.25, 0.3) is 0 Å². The van der Waals surface area contributed by atoms with Crippen LogP contribution in [0.2, 0.25) is 0 Å². The van der Waals surface area contributed by atoms with E-state index >= 15 is 0 Å². The first-order chi connectivity index (χ1) is 24.5. The summed E-state index contributed by atoms with van der Waals surface area (Å²) in [5.41, 5.74) is 9.62. The molecule has 52 heavy (non-hydrogen) atoms. The van der Waals surface area contributed by atoms with Gasteiger partial charge in [0.25, 0.3) is 5.91 Å². The maximum Gasteiger partial charge on any atom is 0.251 e. The van der Waals surface area contributed by atoms with Crippen LogP contribution in [-0.2, 0) is 9.63 Å². The highest BCUT2D eigenvalue weighted by Crippen LogP contribution is 2.42. The van der Waals surface area contributed by atoms with E-state index in [1.54, 1.807) is 25.8 Å². The van der Waals surface area contributed by atoms with E-state index < -0.39 is 0 Å². The lowest BCUT2D eigenvalue weighted by atomic mass is 9.83. The van der Waals surface area contributed by atoms with Crippen molar-refractivity contribution in [1.82, 2.24) is 5.06 Å². The third kappa shape index (κ3) is 11.7. The quantitative estimate of drug-likeness (QED) is 0.173. The molecule has 3 aliphatic rings. The molecule has 3 aromatic heterocycles. The molecular weight excluding hydrogens is 652 g/mol. The Morgan fingerprint density at radius 2 is 1.33 bits per heavy atom. The van der Waals surface area contributed by atoms with Crippen LogP contribution in [-0.4, -0.2) is 30.9 Å². The molecule has 0 spiro atoms. The second-order valence-corrected chi connectivity index (χ2v) is 17.0. The fraction of sp³-hybridized carbons (Fsp3) is 0.682. The van der Waals surface area contributed by atoms with E-state index in [9.17, 15) is 9.59 Å². The van der Waals surface area contributed by atoms with Crippen LogP contribution in [0.3, 0.4) is 0 Å². The van der Waals surface area contributed by atoms with Gasteiger partial charge in [-0.3, -0.25) is 14.4 Å². The number of hydrogen-bond donors (Lipinski definition) is 1. The maximum absolute atomic E-state index is 12.3. The predicted octanol–water partition coefficient (Wildman–Crippen LogP) is 12.0. The van der Waals surface area contributed by atoms with Crippen molar-refractivity contribution in [2.45, 2.75) is 157 Å². The molecule has 0 aliphatic heterocycles. The molecular formula is C44H70N2O6. The number of furan rings is 3. The Labute approximate surface area is 314 Å². The molecule has 0 bridgehead atoms. The number of hydroxylamine groups is 2. The maximum atomic E-state index is 12.3. The van der Waals surface area contributed by atoms with Crippen LogP contribution in [0, 0.1) is 22.7 Å². The topological polar surface area (TPSA) is 112 Å². The van der Waals surface area contributed by atoms with Crippen molar-refractivity contribution < 1.29 is 27.7 Å². The Morgan fingerprint density at radius 3 is 1.75 bits per heavy atom. The lowest BCUT2D eigenvalue weighted by Gasteiger charge is -2.26. The fourth-order valence-corrected chi connectivity index (χ4v) is 7.65. The van der Waals surface area contributed by atoms with E-state index in [0.717, 1.165) is 42.9 Å². The van der Waals surface area contributed by atoms with Gasteiger partial charge in [0, 0.05) is 17.9 Å². The van der Waals surface area contributed by atoms with Crippen LogP contribution in [0.5, 0.6) is 0 Å². The van der Waals surface area contributed by atoms with Crippen LogP contribution in [0.1, 0.15) is 190 Å². The van der Waals surface area contributed by atoms with Crippen molar-refractivity contribution in [3.05, 3.63) is 71.5 Å². The number of nitrogens with zero attached hydrogens (tertiary/aromatic N) is 1. The molecule has 8 heteroatoms. The van der Waals surface area contributed by atoms with Gasteiger partial charge >= 0.3 is 0 Å². The third-order valence-corrected chi connectivity index (χ3v) is 11.8. The Bertz CT molecular complexity index is 1470. The normalized spacial score (nSPS) is 20.8. The first-order valence-corrected chi connectivity index (χ1v) is 19.8. The summed E-state index contributed by atoms with van der Waals surface area (Å²) in [6, 6.07) is 6.13. The van der Waals surface area contributed by atoms with E-state index in [-0.39, 0.29) is 28.6 Å². The first kappa shape index (κ1) is 43.3. The number of rotatable bonds is 9. The minimum atomic E-state index is -0.175.